The van der Waals surface area contributed by atoms with E-state index in [1.54, 1.807) is 0 Å². The molecular formula is C9H16O8Y2. The van der Waals surface area contributed by atoms with Crippen molar-refractivity contribution in [2.24, 2.45) is 0 Å². The van der Waals surface area contributed by atoms with Gasteiger partial charge >= 0.3 is 12.3 Å². The topological polar surface area (TPSA) is 112 Å². The molecule has 0 amide bonds. The molecule has 0 heterocycles. The average Bonchev–Trinajstić information content (AvgIpc) is 2.31. The van der Waals surface area contributed by atoms with Gasteiger partial charge in [-0.25, -0.2) is 9.59 Å². The fourth-order valence-electron chi connectivity index (χ4n) is 0.717. The summed E-state index contributed by atoms with van der Waals surface area (Å²) in [4.78, 5) is 21.7. The molecule has 0 aliphatic carbocycles. The van der Waals surface area contributed by atoms with Gasteiger partial charge < -0.3 is 29.2 Å². The Labute approximate surface area is 161 Å². The Morgan fingerprint density at radius 3 is 1.89 bits per heavy atom. The Morgan fingerprint density at radius 2 is 1.42 bits per heavy atom. The summed E-state index contributed by atoms with van der Waals surface area (Å²) in [6, 6.07) is 0. The van der Waals surface area contributed by atoms with Gasteiger partial charge in [-0.1, -0.05) is 0 Å². The van der Waals surface area contributed by atoms with Crippen LogP contribution >= 0.6 is 0 Å². The van der Waals surface area contributed by atoms with E-state index in [4.69, 9.17) is 10.2 Å². The van der Waals surface area contributed by atoms with Crippen LogP contribution < -0.4 is 0 Å². The third kappa shape index (κ3) is 16.6. The van der Waals surface area contributed by atoms with E-state index in [9.17, 15) is 9.59 Å². The largest absolute Gasteiger partial charge is 0.508 e. The Bertz CT molecular complexity index is 238. The van der Waals surface area contributed by atoms with Crippen molar-refractivity contribution in [3.63, 3.8) is 0 Å². The van der Waals surface area contributed by atoms with E-state index >= 15 is 0 Å². The first-order valence-corrected chi connectivity index (χ1v) is 4.94. The minimum Gasteiger partial charge on any atom is -0.432 e. The second-order valence-electron chi connectivity index (χ2n) is 2.88. The summed E-state index contributed by atoms with van der Waals surface area (Å²) < 4.78 is 18.0. The second kappa shape index (κ2) is 16.7. The average molecular weight is 430 g/mol. The van der Waals surface area contributed by atoms with E-state index < -0.39 is 18.4 Å². The Hall–Kier alpha value is 0.668. The zero-order valence-electron chi connectivity index (χ0n) is 10.6. The quantitative estimate of drug-likeness (QED) is 0.529. The summed E-state index contributed by atoms with van der Waals surface area (Å²) in [6.07, 6.45) is -2.63. The molecule has 1 unspecified atom stereocenters. The predicted molar refractivity (Wildman–Crippen MR) is 53.4 cm³/mol. The van der Waals surface area contributed by atoms with Gasteiger partial charge in [-0.3, -0.25) is 0 Å². The molecule has 0 aromatic heterocycles. The van der Waals surface area contributed by atoms with Crippen LogP contribution in [0.5, 0.6) is 0 Å². The SMILES string of the molecule is CC(COC(=O)OCCO)OC(=O)OCCO.[Y].[Y]. The molecule has 0 aliphatic heterocycles. The van der Waals surface area contributed by atoms with Crippen molar-refractivity contribution >= 4 is 12.3 Å². The number of hydrogen-bond acceptors (Lipinski definition) is 8. The van der Waals surface area contributed by atoms with E-state index in [0.717, 1.165) is 0 Å². The van der Waals surface area contributed by atoms with Crippen LogP contribution in [0.25, 0.3) is 0 Å². The zero-order chi connectivity index (χ0) is 13.1. The van der Waals surface area contributed by atoms with Crippen molar-refractivity contribution in [2.75, 3.05) is 33.0 Å². The maximum Gasteiger partial charge on any atom is 0.508 e. The molecule has 106 valence electrons. The monoisotopic (exact) mass is 430 g/mol. The molecule has 0 aromatic rings. The molecule has 0 aromatic carbocycles. The molecule has 2 N–H and O–H groups in total. The van der Waals surface area contributed by atoms with Crippen molar-refractivity contribution in [1.29, 1.82) is 0 Å². The second-order valence-corrected chi connectivity index (χ2v) is 2.88. The molecule has 0 bridgehead atoms. The predicted octanol–water partition coefficient (Wildman–Crippen LogP) is -0.339. The number of carbonyl (C=O) groups excluding carboxylic acids is 2. The van der Waals surface area contributed by atoms with Gasteiger partial charge in [-0.05, 0) is 6.92 Å². The molecule has 0 fully saturated rings. The van der Waals surface area contributed by atoms with E-state index in [0.29, 0.717) is 0 Å². The van der Waals surface area contributed by atoms with Gasteiger partial charge in [0.2, 0.25) is 0 Å². The van der Waals surface area contributed by atoms with Crippen molar-refractivity contribution in [3.05, 3.63) is 0 Å². The molecule has 1 atom stereocenters. The summed E-state index contributed by atoms with van der Waals surface area (Å²) in [5.41, 5.74) is 0. The van der Waals surface area contributed by atoms with E-state index in [1.165, 1.54) is 6.92 Å². The minimum absolute atomic E-state index is 0. The summed E-state index contributed by atoms with van der Waals surface area (Å²) in [5.74, 6) is 0. The van der Waals surface area contributed by atoms with Crippen LogP contribution in [0.1, 0.15) is 6.92 Å². The van der Waals surface area contributed by atoms with E-state index in [1.807, 2.05) is 0 Å². The third-order valence-electron chi connectivity index (χ3n) is 1.36. The standard InChI is InChI=1S/C9H16O8.2Y/c1-7(17-9(13)15-5-3-11)6-16-8(12)14-4-2-10;;/h7,10-11H,2-6H2,1H3;;. The third-order valence-corrected chi connectivity index (χ3v) is 1.36. The molecule has 0 saturated heterocycles. The maximum absolute atomic E-state index is 10.9. The Balaban J connectivity index is -0.00000128. The number of hydrogen-bond donors (Lipinski definition) is 2. The van der Waals surface area contributed by atoms with Gasteiger partial charge in [0.05, 0.1) is 13.2 Å². The van der Waals surface area contributed by atoms with Crippen molar-refractivity contribution < 1.29 is 104 Å². The van der Waals surface area contributed by atoms with E-state index in [2.05, 4.69) is 18.9 Å². The van der Waals surface area contributed by atoms with Crippen LogP contribution in [0, 0.1) is 0 Å². The Kier molecular flexibility index (Phi) is 21.7. The molecule has 0 saturated carbocycles. The molecule has 0 rings (SSSR count). The maximum atomic E-state index is 10.9. The van der Waals surface area contributed by atoms with Crippen LogP contribution in [0.3, 0.4) is 0 Å². The fourth-order valence-corrected chi connectivity index (χ4v) is 0.717. The number of aliphatic hydroxyl groups excluding tert-OH is 2. The van der Waals surface area contributed by atoms with Crippen LogP contribution in [-0.2, 0) is 84.4 Å². The van der Waals surface area contributed by atoms with Gasteiger partial charge in [0.1, 0.15) is 25.9 Å². The van der Waals surface area contributed by atoms with Crippen LogP contribution in [0.15, 0.2) is 0 Å². The van der Waals surface area contributed by atoms with Gasteiger partial charge in [-0.15, -0.1) is 0 Å². The molecule has 19 heavy (non-hydrogen) atoms. The first-order valence-electron chi connectivity index (χ1n) is 4.94. The molecule has 0 aliphatic rings. The van der Waals surface area contributed by atoms with Crippen LogP contribution in [-0.4, -0.2) is 61.7 Å². The number of carbonyl (C=O) groups is 2. The molecule has 0 spiro atoms. The van der Waals surface area contributed by atoms with Crippen LogP contribution in [0.2, 0.25) is 0 Å². The fraction of sp³-hybridized carbons (Fsp3) is 0.778. The van der Waals surface area contributed by atoms with Crippen molar-refractivity contribution in [2.45, 2.75) is 13.0 Å². The first-order chi connectivity index (χ1) is 8.10. The normalized spacial score (nSPS) is 10.3. The number of aliphatic hydroxyl groups is 2. The van der Waals surface area contributed by atoms with Gasteiger partial charge in [0.25, 0.3) is 0 Å². The molecular weight excluding hydrogens is 414 g/mol. The first kappa shape index (κ1) is 24.7. The van der Waals surface area contributed by atoms with Gasteiger partial charge in [0, 0.05) is 65.4 Å². The summed E-state index contributed by atoms with van der Waals surface area (Å²) >= 11 is 0. The summed E-state index contributed by atoms with van der Waals surface area (Å²) in [6.45, 7) is 0.373. The Morgan fingerprint density at radius 1 is 0.947 bits per heavy atom. The summed E-state index contributed by atoms with van der Waals surface area (Å²) in [5, 5.41) is 16.7. The van der Waals surface area contributed by atoms with E-state index in [-0.39, 0.29) is 98.5 Å². The van der Waals surface area contributed by atoms with Gasteiger partial charge in [0.15, 0.2) is 0 Å². The minimum atomic E-state index is -0.960. The number of rotatable bonds is 7. The summed E-state index contributed by atoms with van der Waals surface area (Å²) in [7, 11) is 0. The molecule has 8 nitrogen and oxygen atoms in total. The van der Waals surface area contributed by atoms with Crippen molar-refractivity contribution in [3.8, 4) is 0 Å². The van der Waals surface area contributed by atoms with Crippen molar-refractivity contribution in [1.82, 2.24) is 0 Å². The molecule has 10 heteroatoms. The van der Waals surface area contributed by atoms with Gasteiger partial charge in [-0.2, -0.15) is 0 Å². The number of ether oxygens (including phenoxy) is 4. The molecule has 2 radical (unpaired) electrons. The smallest absolute Gasteiger partial charge is 0.432 e. The zero-order valence-corrected chi connectivity index (χ0v) is 16.3. The van der Waals surface area contributed by atoms with Crippen LogP contribution in [0.4, 0.5) is 9.59 Å².